The normalized spacial score (nSPS) is 24.3. The number of nitrogens with zero attached hydrogens (tertiary/aromatic N) is 2. The minimum atomic E-state index is -3.57. The summed E-state index contributed by atoms with van der Waals surface area (Å²) in [5.74, 6) is -0.208. The van der Waals surface area contributed by atoms with Crippen LogP contribution in [-0.2, 0) is 10.0 Å². The predicted molar refractivity (Wildman–Crippen MR) is 115 cm³/mol. The quantitative estimate of drug-likeness (QED) is 0.686. The molecule has 0 aromatic heterocycles. The summed E-state index contributed by atoms with van der Waals surface area (Å²) in [6.07, 6.45) is 7.56. The molecule has 0 spiro atoms. The van der Waals surface area contributed by atoms with Crippen molar-refractivity contribution in [3.05, 3.63) is 29.8 Å². The third kappa shape index (κ3) is 5.58. The molecule has 2 aliphatic rings. The first kappa shape index (κ1) is 22.2. The van der Waals surface area contributed by atoms with Gasteiger partial charge < -0.3 is 10.2 Å². The Bertz CT molecular complexity index is 796. The lowest BCUT2D eigenvalue weighted by atomic mass is 10.0. The molecule has 2 atom stereocenters. The first-order valence-corrected chi connectivity index (χ1v) is 12.5. The number of likely N-dealkylation sites (tertiary alicyclic amines) is 1. The summed E-state index contributed by atoms with van der Waals surface area (Å²) in [7, 11) is -3.57. The van der Waals surface area contributed by atoms with Gasteiger partial charge in [-0.1, -0.05) is 18.9 Å². The van der Waals surface area contributed by atoms with Crippen LogP contribution in [0.1, 0.15) is 69.2 Å². The van der Waals surface area contributed by atoms with E-state index in [-0.39, 0.29) is 16.8 Å². The standard InChI is InChI=1S/C22H35N3O3S/c1-18-9-3-5-14-24(18)15-8-13-23-22(26)20-11-7-12-21(17-20)29(27,28)25-16-6-4-10-19(25)2/h7,11-12,17-19H,3-6,8-10,13-16H2,1-2H3,(H,23,26)/t18-,19-/m0/s1. The molecule has 2 saturated heterocycles. The van der Waals surface area contributed by atoms with Crippen LogP contribution in [0.25, 0.3) is 0 Å². The van der Waals surface area contributed by atoms with Crippen molar-refractivity contribution in [1.82, 2.24) is 14.5 Å². The summed E-state index contributed by atoms with van der Waals surface area (Å²) < 4.78 is 27.6. The Labute approximate surface area is 175 Å². The van der Waals surface area contributed by atoms with Crippen LogP contribution in [0.2, 0.25) is 0 Å². The molecule has 1 N–H and O–H groups in total. The molecule has 162 valence electrons. The van der Waals surface area contributed by atoms with Crippen LogP contribution in [0.5, 0.6) is 0 Å². The summed E-state index contributed by atoms with van der Waals surface area (Å²) >= 11 is 0. The molecular formula is C22H35N3O3S. The van der Waals surface area contributed by atoms with Gasteiger partial charge in [-0.15, -0.1) is 0 Å². The lowest BCUT2D eigenvalue weighted by Gasteiger charge is -2.33. The number of nitrogens with one attached hydrogen (secondary N) is 1. The second-order valence-corrected chi connectivity index (χ2v) is 10.4. The number of piperidine rings is 2. The Morgan fingerprint density at radius 2 is 1.79 bits per heavy atom. The van der Waals surface area contributed by atoms with E-state index in [1.807, 2.05) is 6.92 Å². The highest BCUT2D eigenvalue weighted by molar-refractivity contribution is 7.89. The van der Waals surface area contributed by atoms with Crippen molar-refractivity contribution in [3.8, 4) is 0 Å². The largest absolute Gasteiger partial charge is 0.352 e. The number of carbonyl (C=O) groups is 1. The Hall–Kier alpha value is -1.44. The molecule has 0 radical (unpaired) electrons. The lowest BCUT2D eigenvalue weighted by Crippen LogP contribution is -2.42. The van der Waals surface area contributed by atoms with Crippen molar-refractivity contribution in [2.75, 3.05) is 26.2 Å². The summed E-state index contributed by atoms with van der Waals surface area (Å²) in [5, 5.41) is 2.95. The summed E-state index contributed by atoms with van der Waals surface area (Å²) in [6, 6.07) is 7.07. The monoisotopic (exact) mass is 421 g/mol. The number of carbonyl (C=O) groups excluding carboxylic acids is 1. The molecule has 0 bridgehead atoms. The first-order chi connectivity index (χ1) is 13.9. The number of rotatable bonds is 7. The van der Waals surface area contributed by atoms with Gasteiger partial charge in [-0.05, 0) is 70.7 Å². The Balaban J connectivity index is 1.56. The fourth-order valence-electron chi connectivity index (χ4n) is 4.44. The van der Waals surface area contributed by atoms with Crippen LogP contribution in [0.4, 0.5) is 0 Å². The maximum absolute atomic E-state index is 13.0. The minimum Gasteiger partial charge on any atom is -0.352 e. The highest BCUT2D eigenvalue weighted by Gasteiger charge is 2.31. The van der Waals surface area contributed by atoms with E-state index in [1.54, 1.807) is 22.5 Å². The summed E-state index contributed by atoms with van der Waals surface area (Å²) in [4.78, 5) is 15.2. The molecule has 1 aromatic carbocycles. The minimum absolute atomic E-state index is 0.00316. The molecule has 0 saturated carbocycles. The third-order valence-corrected chi connectivity index (χ3v) is 8.30. The zero-order valence-electron chi connectivity index (χ0n) is 17.8. The van der Waals surface area contributed by atoms with Crippen LogP contribution in [0.3, 0.4) is 0 Å². The van der Waals surface area contributed by atoms with Crippen LogP contribution < -0.4 is 5.32 Å². The molecule has 29 heavy (non-hydrogen) atoms. The van der Waals surface area contributed by atoms with Crippen LogP contribution in [0.15, 0.2) is 29.2 Å². The van der Waals surface area contributed by atoms with Crippen molar-refractivity contribution in [2.24, 2.45) is 0 Å². The van der Waals surface area contributed by atoms with Crippen LogP contribution in [0, 0.1) is 0 Å². The average molecular weight is 422 g/mol. The highest BCUT2D eigenvalue weighted by atomic mass is 32.2. The Morgan fingerprint density at radius 1 is 1.07 bits per heavy atom. The molecule has 1 amide bonds. The van der Waals surface area contributed by atoms with E-state index in [0.29, 0.717) is 24.7 Å². The third-order valence-electron chi connectivity index (χ3n) is 6.29. The molecular weight excluding hydrogens is 386 g/mol. The number of sulfonamides is 1. The number of benzene rings is 1. The van der Waals surface area contributed by atoms with Crippen LogP contribution >= 0.6 is 0 Å². The van der Waals surface area contributed by atoms with E-state index in [2.05, 4.69) is 17.1 Å². The zero-order chi connectivity index (χ0) is 20.9. The number of amides is 1. The van der Waals surface area contributed by atoms with Gasteiger partial charge in [0, 0.05) is 37.3 Å². The predicted octanol–water partition coefficient (Wildman–Crippen LogP) is 3.24. The molecule has 0 unspecified atom stereocenters. The Morgan fingerprint density at radius 3 is 2.52 bits per heavy atom. The second-order valence-electron chi connectivity index (χ2n) is 8.48. The highest BCUT2D eigenvalue weighted by Crippen LogP contribution is 2.25. The summed E-state index contributed by atoms with van der Waals surface area (Å²) in [5.41, 5.74) is 0.405. The van der Waals surface area contributed by atoms with Gasteiger partial charge in [0.05, 0.1) is 4.90 Å². The smallest absolute Gasteiger partial charge is 0.251 e. The molecule has 2 heterocycles. The number of hydrogen-bond acceptors (Lipinski definition) is 4. The van der Waals surface area contributed by atoms with E-state index in [0.717, 1.165) is 38.8 Å². The topological polar surface area (TPSA) is 69.7 Å². The second kappa shape index (κ2) is 10.0. The molecule has 0 aliphatic carbocycles. The van der Waals surface area contributed by atoms with Gasteiger partial charge in [-0.25, -0.2) is 8.42 Å². The van der Waals surface area contributed by atoms with Gasteiger partial charge in [0.1, 0.15) is 0 Å². The van der Waals surface area contributed by atoms with E-state index in [4.69, 9.17) is 0 Å². The van der Waals surface area contributed by atoms with Gasteiger partial charge in [-0.2, -0.15) is 4.31 Å². The van der Waals surface area contributed by atoms with Gasteiger partial charge in [0.15, 0.2) is 0 Å². The van der Waals surface area contributed by atoms with Crippen molar-refractivity contribution >= 4 is 15.9 Å². The van der Waals surface area contributed by atoms with E-state index >= 15 is 0 Å². The van der Waals surface area contributed by atoms with E-state index in [1.165, 1.54) is 25.3 Å². The lowest BCUT2D eigenvalue weighted by molar-refractivity contribution is 0.0948. The fraction of sp³-hybridized carbons (Fsp3) is 0.682. The van der Waals surface area contributed by atoms with Gasteiger partial charge in [0.2, 0.25) is 10.0 Å². The molecule has 2 fully saturated rings. The zero-order valence-corrected chi connectivity index (χ0v) is 18.6. The Kier molecular flexibility index (Phi) is 7.71. The maximum atomic E-state index is 13.0. The molecule has 7 heteroatoms. The van der Waals surface area contributed by atoms with Crippen molar-refractivity contribution < 1.29 is 13.2 Å². The summed E-state index contributed by atoms with van der Waals surface area (Å²) in [6.45, 7) is 7.51. The van der Waals surface area contributed by atoms with Gasteiger partial charge in [-0.3, -0.25) is 4.79 Å². The molecule has 2 aliphatic heterocycles. The van der Waals surface area contributed by atoms with Crippen molar-refractivity contribution in [1.29, 1.82) is 0 Å². The first-order valence-electron chi connectivity index (χ1n) is 11.0. The molecule has 1 aromatic rings. The fourth-order valence-corrected chi connectivity index (χ4v) is 6.18. The van der Waals surface area contributed by atoms with Gasteiger partial charge in [0.25, 0.3) is 5.91 Å². The number of hydrogen-bond donors (Lipinski definition) is 1. The van der Waals surface area contributed by atoms with Gasteiger partial charge >= 0.3 is 0 Å². The van der Waals surface area contributed by atoms with Crippen LogP contribution in [-0.4, -0.2) is 61.8 Å². The molecule has 3 rings (SSSR count). The van der Waals surface area contributed by atoms with Crippen molar-refractivity contribution in [2.45, 2.75) is 75.8 Å². The maximum Gasteiger partial charge on any atom is 0.251 e. The molecule has 6 nitrogen and oxygen atoms in total. The van der Waals surface area contributed by atoms with Crippen molar-refractivity contribution in [3.63, 3.8) is 0 Å². The average Bonchev–Trinajstić information content (AvgIpc) is 2.72. The SMILES string of the molecule is C[C@H]1CCCCN1CCCNC(=O)c1cccc(S(=O)(=O)N2CCCC[C@@H]2C)c1. The van der Waals surface area contributed by atoms with E-state index in [9.17, 15) is 13.2 Å². The van der Waals surface area contributed by atoms with E-state index < -0.39 is 10.0 Å².